The van der Waals surface area contributed by atoms with Crippen LogP contribution in [0, 0.1) is 0 Å². The largest absolute Gasteiger partial charge is 0.508 e. The minimum absolute atomic E-state index is 0.175. The molecule has 3 rings (SSSR count). The van der Waals surface area contributed by atoms with Gasteiger partial charge in [-0.25, -0.2) is 0 Å². The van der Waals surface area contributed by atoms with E-state index in [1.165, 1.54) is 0 Å². The zero-order valence-electron chi connectivity index (χ0n) is 12.8. The molecule has 0 aliphatic heterocycles. The van der Waals surface area contributed by atoms with Gasteiger partial charge in [0, 0.05) is 5.41 Å². The van der Waals surface area contributed by atoms with Gasteiger partial charge in [-0.2, -0.15) is 0 Å². The number of hydrogen-bond acceptors (Lipinski definition) is 3. The second-order valence-corrected chi connectivity index (χ2v) is 5.78. The molecule has 0 unspecified atom stereocenters. The highest BCUT2D eigenvalue weighted by molar-refractivity contribution is 5.53. The maximum Gasteiger partial charge on any atom is 0.115 e. The normalized spacial score (nSPS) is 11.3. The highest BCUT2D eigenvalue weighted by atomic mass is 16.3. The van der Waals surface area contributed by atoms with E-state index < -0.39 is 5.41 Å². The fraction of sp³-hybridized carbons (Fsp3) is 0.100. The number of phenolic OH excluding ortho intramolecular Hbond substituents is 3. The van der Waals surface area contributed by atoms with Crippen molar-refractivity contribution in [3.63, 3.8) is 0 Å². The van der Waals surface area contributed by atoms with Gasteiger partial charge in [-0.15, -0.1) is 0 Å². The minimum Gasteiger partial charge on any atom is -0.508 e. The SMILES string of the molecule is CC(c1cccc(O)c1)(c1cccc(O)c1)c1cccc(O)c1. The molecule has 0 saturated heterocycles. The second kappa shape index (κ2) is 5.69. The molecule has 0 heterocycles. The molecule has 3 heteroatoms. The summed E-state index contributed by atoms with van der Waals surface area (Å²) < 4.78 is 0. The van der Waals surface area contributed by atoms with Crippen molar-refractivity contribution in [2.24, 2.45) is 0 Å². The molecule has 0 radical (unpaired) electrons. The predicted octanol–water partition coefficient (Wildman–Crippen LogP) is 4.16. The van der Waals surface area contributed by atoms with Crippen LogP contribution in [0.4, 0.5) is 0 Å². The van der Waals surface area contributed by atoms with Gasteiger partial charge in [0.05, 0.1) is 0 Å². The summed E-state index contributed by atoms with van der Waals surface area (Å²) in [6.07, 6.45) is 0. The molecule has 3 aromatic carbocycles. The Morgan fingerprint density at radius 1 is 0.565 bits per heavy atom. The summed E-state index contributed by atoms with van der Waals surface area (Å²) in [5, 5.41) is 29.6. The first-order valence-corrected chi connectivity index (χ1v) is 7.38. The Morgan fingerprint density at radius 2 is 0.870 bits per heavy atom. The highest BCUT2D eigenvalue weighted by Gasteiger charge is 2.32. The van der Waals surface area contributed by atoms with E-state index in [9.17, 15) is 15.3 Å². The van der Waals surface area contributed by atoms with E-state index >= 15 is 0 Å². The van der Waals surface area contributed by atoms with Crippen LogP contribution in [0.1, 0.15) is 23.6 Å². The molecule has 3 nitrogen and oxygen atoms in total. The summed E-state index contributed by atoms with van der Waals surface area (Å²) in [4.78, 5) is 0. The van der Waals surface area contributed by atoms with Crippen molar-refractivity contribution in [3.8, 4) is 17.2 Å². The summed E-state index contributed by atoms with van der Waals surface area (Å²) in [7, 11) is 0. The molecule has 3 N–H and O–H groups in total. The molecule has 0 aliphatic carbocycles. The summed E-state index contributed by atoms with van der Waals surface area (Å²) in [6.45, 7) is 2.01. The lowest BCUT2D eigenvalue weighted by atomic mass is 9.71. The third kappa shape index (κ3) is 2.73. The Hall–Kier alpha value is -2.94. The lowest BCUT2D eigenvalue weighted by molar-refractivity contribution is 0.469. The standard InChI is InChI=1S/C20H18O3/c1-20(14-5-2-8-17(21)11-14,15-6-3-9-18(22)12-15)16-7-4-10-19(23)13-16/h2-13,21-23H,1H3. The van der Waals surface area contributed by atoms with Gasteiger partial charge in [-0.1, -0.05) is 36.4 Å². The van der Waals surface area contributed by atoms with Crippen molar-refractivity contribution >= 4 is 0 Å². The number of rotatable bonds is 3. The first-order valence-electron chi connectivity index (χ1n) is 7.38. The fourth-order valence-corrected chi connectivity index (χ4v) is 2.95. The Labute approximate surface area is 135 Å². The quantitative estimate of drug-likeness (QED) is 0.637. The van der Waals surface area contributed by atoms with Crippen LogP contribution in [0.25, 0.3) is 0 Å². The lowest BCUT2D eigenvalue weighted by Crippen LogP contribution is -2.25. The van der Waals surface area contributed by atoms with Crippen molar-refractivity contribution in [3.05, 3.63) is 89.5 Å². The van der Waals surface area contributed by atoms with Crippen molar-refractivity contribution in [1.82, 2.24) is 0 Å². The number of aromatic hydroxyl groups is 3. The molecular formula is C20H18O3. The fourth-order valence-electron chi connectivity index (χ4n) is 2.95. The van der Waals surface area contributed by atoms with Gasteiger partial charge < -0.3 is 15.3 Å². The smallest absolute Gasteiger partial charge is 0.115 e. The van der Waals surface area contributed by atoms with Crippen LogP contribution in [0.3, 0.4) is 0 Å². The Bertz CT molecular complexity index is 729. The molecule has 23 heavy (non-hydrogen) atoms. The van der Waals surface area contributed by atoms with Crippen molar-refractivity contribution in [2.45, 2.75) is 12.3 Å². The third-order valence-electron chi connectivity index (χ3n) is 4.27. The molecule has 0 atom stereocenters. The Morgan fingerprint density at radius 3 is 1.13 bits per heavy atom. The van der Waals surface area contributed by atoms with E-state index in [0.717, 1.165) is 16.7 Å². The van der Waals surface area contributed by atoms with E-state index in [0.29, 0.717) is 0 Å². The van der Waals surface area contributed by atoms with E-state index in [1.807, 2.05) is 25.1 Å². The summed E-state index contributed by atoms with van der Waals surface area (Å²) in [5.41, 5.74) is 1.98. The molecule has 3 aromatic rings. The van der Waals surface area contributed by atoms with E-state index in [-0.39, 0.29) is 17.2 Å². The zero-order valence-corrected chi connectivity index (χ0v) is 12.8. The molecule has 0 fully saturated rings. The van der Waals surface area contributed by atoms with Gasteiger partial charge in [-0.3, -0.25) is 0 Å². The van der Waals surface area contributed by atoms with Crippen LogP contribution >= 0.6 is 0 Å². The average molecular weight is 306 g/mol. The Balaban J connectivity index is 2.29. The van der Waals surface area contributed by atoms with Crippen LogP contribution in [0.5, 0.6) is 17.2 Å². The third-order valence-corrected chi connectivity index (χ3v) is 4.27. The highest BCUT2D eigenvalue weighted by Crippen LogP contribution is 2.41. The van der Waals surface area contributed by atoms with Crippen LogP contribution in [0.15, 0.2) is 72.8 Å². The molecule has 0 bridgehead atoms. The summed E-state index contributed by atoms with van der Waals surface area (Å²) in [6, 6.07) is 21.1. The van der Waals surface area contributed by atoms with Crippen molar-refractivity contribution < 1.29 is 15.3 Å². The molecule has 0 aromatic heterocycles. The monoisotopic (exact) mass is 306 g/mol. The van der Waals surface area contributed by atoms with Gasteiger partial charge in [-0.05, 0) is 60.0 Å². The minimum atomic E-state index is -0.629. The number of phenols is 3. The van der Waals surface area contributed by atoms with E-state index in [4.69, 9.17) is 0 Å². The van der Waals surface area contributed by atoms with Gasteiger partial charge in [0.2, 0.25) is 0 Å². The molecule has 0 spiro atoms. The number of hydrogen-bond donors (Lipinski definition) is 3. The number of benzene rings is 3. The van der Waals surface area contributed by atoms with Crippen LogP contribution in [-0.4, -0.2) is 15.3 Å². The van der Waals surface area contributed by atoms with Gasteiger partial charge in [0.25, 0.3) is 0 Å². The van der Waals surface area contributed by atoms with E-state index in [1.54, 1.807) is 54.6 Å². The van der Waals surface area contributed by atoms with Gasteiger partial charge in [0.15, 0.2) is 0 Å². The Kier molecular flexibility index (Phi) is 3.70. The van der Waals surface area contributed by atoms with Crippen LogP contribution in [-0.2, 0) is 5.41 Å². The lowest BCUT2D eigenvalue weighted by Gasteiger charge is -2.32. The predicted molar refractivity (Wildman–Crippen MR) is 89.9 cm³/mol. The zero-order chi connectivity index (χ0) is 16.4. The van der Waals surface area contributed by atoms with Gasteiger partial charge in [0.1, 0.15) is 17.2 Å². The molecule has 0 amide bonds. The molecule has 0 saturated carbocycles. The van der Waals surface area contributed by atoms with E-state index in [2.05, 4.69) is 0 Å². The molecule has 0 aliphatic rings. The first-order chi connectivity index (χ1) is 11.0. The maximum absolute atomic E-state index is 9.88. The first kappa shape index (κ1) is 15.0. The van der Waals surface area contributed by atoms with Gasteiger partial charge >= 0.3 is 0 Å². The van der Waals surface area contributed by atoms with Crippen molar-refractivity contribution in [2.75, 3.05) is 0 Å². The molecule has 116 valence electrons. The topological polar surface area (TPSA) is 60.7 Å². The second-order valence-electron chi connectivity index (χ2n) is 5.78. The average Bonchev–Trinajstić information content (AvgIpc) is 2.54. The maximum atomic E-state index is 9.88. The van der Waals surface area contributed by atoms with Crippen molar-refractivity contribution in [1.29, 1.82) is 0 Å². The molecular weight excluding hydrogens is 288 g/mol. The van der Waals surface area contributed by atoms with Crippen LogP contribution < -0.4 is 0 Å². The van der Waals surface area contributed by atoms with Crippen LogP contribution in [0.2, 0.25) is 0 Å². The summed E-state index contributed by atoms with van der Waals surface area (Å²) >= 11 is 0. The summed E-state index contributed by atoms with van der Waals surface area (Å²) in [5.74, 6) is 0.525.